The molecule has 1 heterocycles. The van der Waals surface area contributed by atoms with E-state index < -0.39 is 0 Å². The molecule has 0 saturated carbocycles. The van der Waals surface area contributed by atoms with Gasteiger partial charge in [0.2, 0.25) is 0 Å². The van der Waals surface area contributed by atoms with Gasteiger partial charge in [-0.1, -0.05) is 6.07 Å². The summed E-state index contributed by atoms with van der Waals surface area (Å²) in [5.41, 5.74) is 1.15. The van der Waals surface area contributed by atoms with Crippen LogP contribution in [-0.4, -0.2) is 81.8 Å². The van der Waals surface area contributed by atoms with E-state index in [1.54, 1.807) is 0 Å². The summed E-state index contributed by atoms with van der Waals surface area (Å²) in [7, 11) is 2.20. The zero-order valence-corrected chi connectivity index (χ0v) is 20.2. The van der Waals surface area contributed by atoms with Crippen LogP contribution in [0.1, 0.15) is 52.1 Å². The molecule has 1 saturated heterocycles. The highest BCUT2D eigenvalue weighted by molar-refractivity contribution is 5.80. The molecule has 2 rings (SSSR count). The Morgan fingerprint density at radius 3 is 2.42 bits per heavy atom. The molecule has 1 atom stereocenters. The summed E-state index contributed by atoms with van der Waals surface area (Å²) in [4.78, 5) is 9.76. The van der Waals surface area contributed by atoms with Crippen molar-refractivity contribution in [1.82, 2.24) is 20.4 Å². The standard InChI is InChI=1S/C24H43N5O2/c1-6-25-24(26-13-9-10-14-29-17-15-28(5)16-18-29)27-20(4)21-11-12-22(30-7-2)23(19-21)31-8-3/h11-12,19-20H,6-10,13-18H2,1-5H3,(H2,25,26,27). The Bertz CT molecular complexity index is 659. The van der Waals surface area contributed by atoms with Gasteiger partial charge >= 0.3 is 0 Å². The fraction of sp³-hybridized carbons (Fsp3) is 0.708. The SMILES string of the molecule is CCNC(=NCCCCN1CCN(C)CC1)NC(C)c1ccc(OCC)c(OCC)c1. The van der Waals surface area contributed by atoms with E-state index in [-0.39, 0.29) is 6.04 Å². The quantitative estimate of drug-likeness (QED) is 0.300. The highest BCUT2D eigenvalue weighted by atomic mass is 16.5. The minimum atomic E-state index is 0.109. The largest absolute Gasteiger partial charge is 0.490 e. The fourth-order valence-electron chi connectivity index (χ4n) is 3.66. The maximum atomic E-state index is 5.78. The molecule has 7 heteroatoms. The second-order valence-corrected chi connectivity index (χ2v) is 8.05. The Hall–Kier alpha value is -1.99. The molecule has 2 N–H and O–H groups in total. The van der Waals surface area contributed by atoms with Crippen molar-refractivity contribution in [3.63, 3.8) is 0 Å². The normalized spacial score (nSPS) is 16.7. The first-order valence-corrected chi connectivity index (χ1v) is 11.9. The molecule has 31 heavy (non-hydrogen) atoms. The van der Waals surface area contributed by atoms with Crippen LogP contribution in [0.4, 0.5) is 0 Å². The van der Waals surface area contributed by atoms with E-state index in [0.29, 0.717) is 13.2 Å². The Morgan fingerprint density at radius 1 is 1.03 bits per heavy atom. The van der Waals surface area contributed by atoms with E-state index in [2.05, 4.69) is 53.5 Å². The van der Waals surface area contributed by atoms with E-state index in [1.165, 1.54) is 39.1 Å². The van der Waals surface area contributed by atoms with Gasteiger partial charge in [-0.05, 0) is 71.8 Å². The van der Waals surface area contributed by atoms with Crippen molar-refractivity contribution >= 4 is 5.96 Å². The highest BCUT2D eigenvalue weighted by Gasteiger charge is 2.14. The summed E-state index contributed by atoms with van der Waals surface area (Å²) in [6, 6.07) is 6.25. The van der Waals surface area contributed by atoms with E-state index in [0.717, 1.165) is 42.5 Å². The van der Waals surface area contributed by atoms with Crippen molar-refractivity contribution in [1.29, 1.82) is 0 Å². The number of rotatable bonds is 12. The van der Waals surface area contributed by atoms with Gasteiger partial charge in [-0.3, -0.25) is 4.99 Å². The third-order valence-electron chi connectivity index (χ3n) is 5.51. The Morgan fingerprint density at radius 2 is 1.74 bits per heavy atom. The summed E-state index contributed by atoms with van der Waals surface area (Å²) >= 11 is 0. The zero-order chi connectivity index (χ0) is 22.5. The van der Waals surface area contributed by atoms with E-state index >= 15 is 0 Å². The third-order valence-corrected chi connectivity index (χ3v) is 5.51. The molecule has 0 aliphatic carbocycles. The molecule has 0 amide bonds. The van der Waals surface area contributed by atoms with Crippen molar-refractivity contribution < 1.29 is 9.47 Å². The molecule has 1 fully saturated rings. The first-order valence-electron chi connectivity index (χ1n) is 11.9. The molecular formula is C24H43N5O2. The van der Waals surface area contributed by atoms with Crippen molar-refractivity contribution in [2.24, 2.45) is 4.99 Å². The van der Waals surface area contributed by atoms with Crippen LogP contribution in [0.15, 0.2) is 23.2 Å². The summed E-state index contributed by atoms with van der Waals surface area (Å²) in [5, 5.41) is 6.89. The summed E-state index contributed by atoms with van der Waals surface area (Å²) in [6.45, 7) is 17.0. The van der Waals surface area contributed by atoms with Crippen LogP contribution in [0.25, 0.3) is 0 Å². The number of likely N-dealkylation sites (N-methyl/N-ethyl adjacent to an activating group) is 1. The van der Waals surface area contributed by atoms with Crippen LogP contribution in [0.2, 0.25) is 0 Å². The van der Waals surface area contributed by atoms with Gasteiger partial charge in [0.15, 0.2) is 17.5 Å². The van der Waals surface area contributed by atoms with Crippen molar-refractivity contribution in [2.75, 3.05) is 66.1 Å². The Labute approximate surface area is 189 Å². The molecule has 0 radical (unpaired) electrons. The van der Waals surface area contributed by atoms with Gasteiger partial charge in [0.25, 0.3) is 0 Å². The number of hydrogen-bond donors (Lipinski definition) is 2. The van der Waals surface area contributed by atoms with Crippen LogP contribution in [0, 0.1) is 0 Å². The molecular weight excluding hydrogens is 390 g/mol. The molecule has 1 unspecified atom stereocenters. The summed E-state index contributed by atoms with van der Waals surface area (Å²) < 4.78 is 11.5. The van der Waals surface area contributed by atoms with Crippen molar-refractivity contribution in [3.8, 4) is 11.5 Å². The lowest BCUT2D eigenvalue weighted by Gasteiger charge is -2.32. The molecule has 1 aromatic rings. The molecule has 0 spiro atoms. The molecule has 1 aliphatic rings. The number of nitrogens with one attached hydrogen (secondary N) is 2. The Balaban J connectivity index is 1.85. The van der Waals surface area contributed by atoms with Crippen LogP contribution < -0.4 is 20.1 Å². The molecule has 7 nitrogen and oxygen atoms in total. The second kappa shape index (κ2) is 14.1. The van der Waals surface area contributed by atoms with Crippen molar-refractivity contribution in [2.45, 2.75) is 46.6 Å². The number of unbranched alkanes of at least 4 members (excludes halogenated alkanes) is 1. The maximum absolute atomic E-state index is 5.78. The van der Waals surface area contributed by atoms with Gasteiger partial charge in [-0.15, -0.1) is 0 Å². The predicted octanol–water partition coefficient (Wildman–Crippen LogP) is 3.13. The van der Waals surface area contributed by atoms with Gasteiger partial charge < -0.3 is 29.9 Å². The highest BCUT2D eigenvalue weighted by Crippen LogP contribution is 2.30. The molecule has 1 aromatic carbocycles. The monoisotopic (exact) mass is 433 g/mol. The van der Waals surface area contributed by atoms with Crippen LogP contribution in [-0.2, 0) is 0 Å². The van der Waals surface area contributed by atoms with Crippen LogP contribution in [0.5, 0.6) is 11.5 Å². The first kappa shape index (κ1) is 25.3. The number of aliphatic imine (C=N–C) groups is 1. The minimum absolute atomic E-state index is 0.109. The molecule has 0 aromatic heterocycles. The molecule has 176 valence electrons. The van der Waals surface area contributed by atoms with E-state index in [9.17, 15) is 0 Å². The van der Waals surface area contributed by atoms with E-state index in [1.807, 2.05) is 19.9 Å². The van der Waals surface area contributed by atoms with Crippen LogP contribution >= 0.6 is 0 Å². The number of nitrogens with zero attached hydrogens (tertiary/aromatic N) is 3. The Kier molecular flexibility index (Phi) is 11.5. The van der Waals surface area contributed by atoms with Gasteiger partial charge in [0, 0.05) is 39.3 Å². The third kappa shape index (κ3) is 8.95. The number of hydrogen-bond acceptors (Lipinski definition) is 5. The first-order chi connectivity index (χ1) is 15.1. The lowest BCUT2D eigenvalue weighted by atomic mass is 10.1. The minimum Gasteiger partial charge on any atom is -0.490 e. The number of piperazine rings is 1. The summed E-state index contributed by atoms with van der Waals surface area (Å²) in [6.07, 6.45) is 2.30. The number of ether oxygens (including phenoxy) is 2. The lowest BCUT2D eigenvalue weighted by Crippen LogP contribution is -2.44. The van der Waals surface area contributed by atoms with Gasteiger partial charge in [-0.25, -0.2) is 0 Å². The van der Waals surface area contributed by atoms with Crippen LogP contribution in [0.3, 0.4) is 0 Å². The van der Waals surface area contributed by atoms with Gasteiger partial charge in [0.05, 0.1) is 19.3 Å². The van der Waals surface area contributed by atoms with Gasteiger partial charge in [-0.2, -0.15) is 0 Å². The molecule has 0 bridgehead atoms. The second-order valence-electron chi connectivity index (χ2n) is 8.05. The number of guanidine groups is 1. The maximum Gasteiger partial charge on any atom is 0.191 e. The van der Waals surface area contributed by atoms with Gasteiger partial charge in [0.1, 0.15) is 0 Å². The fourth-order valence-corrected chi connectivity index (χ4v) is 3.66. The zero-order valence-electron chi connectivity index (χ0n) is 20.2. The average molecular weight is 434 g/mol. The topological polar surface area (TPSA) is 61.4 Å². The smallest absolute Gasteiger partial charge is 0.191 e. The summed E-state index contributed by atoms with van der Waals surface area (Å²) in [5.74, 6) is 2.45. The average Bonchev–Trinajstić information content (AvgIpc) is 2.76. The number of benzene rings is 1. The van der Waals surface area contributed by atoms with E-state index in [4.69, 9.17) is 14.5 Å². The molecule has 1 aliphatic heterocycles. The lowest BCUT2D eigenvalue weighted by molar-refractivity contribution is 0.152. The van der Waals surface area contributed by atoms with Crippen molar-refractivity contribution in [3.05, 3.63) is 23.8 Å². The predicted molar refractivity (Wildman–Crippen MR) is 129 cm³/mol.